The van der Waals surface area contributed by atoms with Gasteiger partial charge in [-0.1, -0.05) is 13.5 Å². The van der Waals surface area contributed by atoms with Gasteiger partial charge in [0.15, 0.2) is 6.29 Å². The Hall–Kier alpha value is -0.910. The Morgan fingerprint density at radius 2 is 2.00 bits per heavy atom. The van der Waals surface area contributed by atoms with E-state index in [-0.39, 0.29) is 12.2 Å². The van der Waals surface area contributed by atoms with Crippen molar-refractivity contribution in [3.05, 3.63) is 12.2 Å². The fourth-order valence-electron chi connectivity index (χ4n) is 0.307. The molecule has 5 heteroatoms. The molecule has 0 fully saturated rings. The number of ether oxygens (including phenoxy) is 1. The molecular formula is C9H18O5. The van der Waals surface area contributed by atoms with Crippen LogP contribution in [-0.4, -0.2) is 40.8 Å². The van der Waals surface area contributed by atoms with Gasteiger partial charge in [0.05, 0.1) is 6.61 Å². The molecule has 0 heterocycles. The maximum absolute atomic E-state index is 9.60. The molecule has 0 aliphatic carbocycles. The largest absolute Gasteiger partial charge is 0.478 e. The van der Waals surface area contributed by atoms with Gasteiger partial charge in [-0.25, -0.2) is 4.79 Å². The van der Waals surface area contributed by atoms with E-state index in [0.29, 0.717) is 6.61 Å². The first-order valence-corrected chi connectivity index (χ1v) is 4.25. The van der Waals surface area contributed by atoms with Crippen LogP contribution in [0.2, 0.25) is 0 Å². The molecule has 3 N–H and O–H groups in total. The topological polar surface area (TPSA) is 87.0 Å². The van der Waals surface area contributed by atoms with Crippen molar-refractivity contribution in [2.24, 2.45) is 0 Å². The van der Waals surface area contributed by atoms with Gasteiger partial charge >= 0.3 is 5.97 Å². The van der Waals surface area contributed by atoms with E-state index in [2.05, 4.69) is 11.3 Å². The summed E-state index contributed by atoms with van der Waals surface area (Å²) < 4.78 is 4.65. The van der Waals surface area contributed by atoms with Gasteiger partial charge in [0.1, 0.15) is 0 Å². The van der Waals surface area contributed by atoms with Crippen LogP contribution in [0.25, 0.3) is 0 Å². The molecule has 0 aromatic heterocycles. The molecule has 84 valence electrons. The van der Waals surface area contributed by atoms with Gasteiger partial charge in [0, 0.05) is 12.2 Å². The number of carboxylic acid groups (broad SMARTS) is 1. The zero-order valence-corrected chi connectivity index (χ0v) is 8.56. The minimum absolute atomic E-state index is 0.176. The number of aliphatic hydroxyl groups is 2. The third-order valence-corrected chi connectivity index (χ3v) is 1.04. The van der Waals surface area contributed by atoms with Gasteiger partial charge in [-0.15, -0.1) is 0 Å². The number of carboxylic acids is 1. The Kier molecular flexibility index (Phi) is 11.3. The quantitative estimate of drug-likeness (QED) is 0.447. The van der Waals surface area contributed by atoms with Crippen LogP contribution in [0.1, 0.15) is 20.3 Å². The van der Waals surface area contributed by atoms with E-state index in [1.165, 1.54) is 6.92 Å². The fourth-order valence-corrected chi connectivity index (χ4v) is 0.307. The minimum atomic E-state index is -0.991. The van der Waals surface area contributed by atoms with Crippen molar-refractivity contribution in [1.29, 1.82) is 0 Å². The molecule has 0 amide bonds. The van der Waals surface area contributed by atoms with Crippen LogP contribution in [0.15, 0.2) is 12.2 Å². The molecular weight excluding hydrogens is 188 g/mol. The molecule has 5 nitrogen and oxygen atoms in total. The van der Waals surface area contributed by atoms with Gasteiger partial charge in [-0.05, 0) is 13.3 Å². The summed E-state index contributed by atoms with van der Waals surface area (Å²) >= 11 is 0. The fraction of sp³-hybridized carbons (Fsp3) is 0.667. The molecule has 0 aromatic carbocycles. The molecule has 0 aliphatic heterocycles. The van der Waals surface area contributed by atoms with Crippen LogP contribution in [0, 0.1) is 0 Å². The summed E-state index contributed by atoms with van der Waals surface area (Å²) in [5.74, 6) is -0.935. The molecule has 0 saturated heterocycles. The maximum atomic E-state index is 9.60. The number of aliphatic carboxylic acids is 1. The Morgan fingerprint density at radius 3 is 2.21 bits per heavy atom. The van der Waals surface area contributed by atoms with Crippen molar-refractivity contribution >= 4 is 5.97 Å². The molecule has 14 heavy (non-hydrogen) atoms. The summed E-state index contributed by atoms with van der Waals surface area (Å²) in [6.07, 6.45) is -0.133. The second-order valence-corrected chi connectivity index (χ2v) is 2.59. The number of carbonyl (C=O) groups is 1. The first kappa shape index (κ1) is 15.6. The van der Waals surface area contributed by atoms with E-state index >= 15 is 0 Å². The van der Waals surface area contributed by atoms with Crippen molar-refractivity contribution in [3.63, 3.8) is 0 Å². The lowest BCUT2D eigenvalue weighted by atomic mass is 10.4. The van der Waals surface area contributed by atoms with Gasteiger partial charge in [-0.2, -0.15) is 0 Å². The van der Waals surface area contributed by atoms with E-state index in [1.807, 2.05) is 6.92 Å². The summed E-state index contributed by atoms with van der Waals surface area (Å²) in [5, 5.41) is 24.6. The third kappa shape index (κ3) is 13.7. The molecule has 0 radical (unpaired) electrons. The Morgan fingerprint density at radius 1 is 1.57 bits per heavy atom. The van der Waals surface area contributed by atoms with Gasteiger partial charge < -0.3 is 20.1 Å². The van der Waals surface area contributed by atoms with Crippen LogP contribution < -0.4 is 0 Å². The highest BCUT2D eigenvalue weighted by atomic mass is 16.6. The monoisotopic (exact) mass is 206 g/mol. The van der Waals surface area contributed by atoms with Gasteiger partial charge in [0.2, 0.25) is 0 Å². The maximum Gasteiger partial charge on any atom is 0.330 e. The Balaban J connectivity index is 0. The molecule has 0 bridgehead atoms. The van der Waals surface area contributed by atoms with E-state index in [0.717, 1.165) is 6.42 Å². The molecule has 1 unspecified atom stereocenters. The van der Waals surface area contributed by atoms with E-state index in [1.54, 1.807) is 0 Å². The first-order chi connectivity index (χ1) is 6.45. The van der Waals surface area contributed by atoms with E-state index in [9.17, 15) is 4.79 Å². The summed E-state index contributed by atoms with van der Waals surface area (Å²) in [5.41, 5.74) is 0.176. The molecule has 1 atom stereocenters. The Labute approximate surface area is 83.6 Å². The average Bonchev–Trinajstić information content (AvgIpc) is 2.14. The molecule has 0 saturated carbocycles. The SMILES string of the molecule is C=C(C)C(=O)O.CCCOC(O)CO. The number of hydrogen-bond donors (Lipinski definition) is 3. The van der Waals surface area contributed by atoms with Crippen molar-refractivity contribution in [2.75, 3.05) is 13.2 Å². The van der Waals surface area contributed by atoms with Crippen molar-refractivity contribution < 1.29 is 24.9 Å². The highest BCUT2D eigenvalue weighted by Gasteiger charge is 1.97. The lowest BCUT2D eigenvalue weighted by Gasteiger charge is -2.05. The Bertz CT molecular complexity index is 155. The predicted molar refractivity (Wildman–Crippen MR) is 51.8 cm³/mol. The lowest BCUT2D eigenvalue weighted by Crippen LogP contribution is -2.16. The predicted octanol–water partition coefficient (Wildman–Crippen LogP) is 0.371. The molecule has 0 aliphatic rings. The first-order valence-electron chi connectivity index (χ1n) is 4.25. The zero-order valence-electron chi connectivity index (χ0n) is 8.56. The number of aliphatic hydroxyl groups excluding tert-OH is 2. The zero-order chi connectivity index (χ0) is 11.6. The smallest absolute Gasteiger partial charge is 0.330 e. The van der Waals surface area contributed by atoms with Crippen LogP contribution in [-0.2, 0) is 9.53 Å². The van der Waals surface area contributed by atoms with Crippen molar-refractivity contribution in [1.82, 2.24) is 0 Å². The second-order valence-electron chi connectivity index (χ2n) is 2.59. The summed E-state index contributed by atoms with van der Waals surface area (Å²) in [7, 11) is 0. The average molecular weight is 206 g/mol. The number of rotatable bonds is 5. The van der Waals surface area contributed by atoms with Crippen molar-refractivity contribution in [3.8, 4) is 0 Å². The highest BCUT2D eigenvalue weighted by molar-refractivity contribution is 5.84. The molecule has 0 rings (SSSR count). The van der Waals surface area contributed by atoms with Crippen LogP contribution in [0.4, 0.5) is 0 Å². The third-order valence-electron chi connectivity index (χ3n) is 1.04. The van der Waals surface area contributed by atoms with Gasteiger partial charge in [-0.3, -0.25) is 0 Å². The summed E-state index contributed by atoms with van der Waals surface area (Å²) in [6, 6.07) is 0. The second kappa shape index (κ2) is 10.2. The number of hydrogen-bond acceptors (Lipinski definition) is 4. The van der Waals surface area contributed by atoms with E-state index < -0.39 is 12.3 Å². The lowest BCUT2D eigenvalue weighted by molar-refractivity contribution is -0.132. The summed E-state index contributed by atoms with van der Waals surface area (Å²) in [4.78, 5) is 9.60. The van der Waals surface area contributed by atoms with Crippen LogP contribution in [0.3, 0.4) is 0 Å². The summed E-state index contributed by atoms with van der Waals surface area (Å²) in [6.45, 7) is 6.72. The highest BCUT2D eigenvalue weighted by Crippen LogP contribution is 1.85. The standard InChI is InChI=1S/C5H12O3.C4H6O2/c1-2-3-8-5(7)4-6;1-3(2)4(5)6/h5-7H,2-4H2,1H3;1H2,2H3,(H,5,6). The van der Waals surface area contributed by atoms with Crippen LogP contribution >= 0.6 is 0 Å². The molecule has 0 spiro atoms. The van der Waals surface area contributed by atoms with Crippen molar-refractivity contribution in [2.45, 2.75) is 26.6 Å². The van der Waals surface area contributed by atoms with E-state index in [4.69, 9.17) is 15.3 Å². The normalized spacial score (nSPS) is 11.1. The molecule has 0 aromatic rings. The van der Waals surface area contributed by atoms with Crippen LogP contribution in [0.5, 0.6) is 0 Å². The minimum Gasteiger partial charge on any atom is -0.478 e. The van der Waals surface area contributed by atoms with Gasteiger partial charge in [0.25, 0.3) is 0 Å².